The molecule has 1 heterocycles. The molecule has 5 heteroatoms. The Morgan fingerprint density at radius 3 is 2.72 bits per heavy atom. The van der Waals surface area contributed by atoms with E-state index in [1.807, 2.05) is 6.92 Å². The molecule has 2 rings (SSSR count). The number of rotatable bonds is 2. The molecular weight excluding hydrogens is 255 g/mol. The highest BCUT2D eigenvalue weighted by molar-refractivity contribution is 6.33. The second-order valence-electron chi connectivity index (χ2n) is 3.96. The summed E-state index contributed by atoms with van der Waals surface area (Å²) in [6.07, 6.45) is 0.617. The molecule has 0 unspecified atom stereocenters. The number of aryl methyl sites for hydroxylation is 1. The zero-order valence-corrected chi connectivity index (χ0v) is 10.8. The largest absolute Gasteiger partial charge is 0.306 e. The molecule has 0 aliphatic heterocycles. The van der Waals surface area contributed by atoms with Crippen LogP contribution in [-0.2, 0) is 6.42 Å². The Morgan fingerprint density at radius 2 is 2.17 bits per heavy atom. The lowest BCUT2D eigenvalue weighted by Crippen LogP contribution is -2.16. The summed E-state index contributed by atoms with van der Waals surface area (Å²) in [6, 6.07) is 3.98. The summed E-state index contributed by atoms with van der Waals surface area (Å²) in [5, 5.41) is 0.224. The highest BCUT2D eigenvalue weighted by Gasteiger charge is 2.11. The first-order valence-electron chi connectivity index (χ1n) is 5.58. The average molecular weight is 267 g/mol. The Balaban J connectivity index is 2.62. The van der Waals surface area contributed by atoms with Gasteiger partial charge in [-0.1, -0.05) is 18.5 Å². The molecule has 0 spiro atoms. The van der Waals surface area contributed by atoms with Crippen molar-refractivity contribution >= 4 is 11.6 Å². The van der Waals surface area contributed by atoms with Gasteiger partial charge in [-0.2, -0.15) is 0 Å². The lowest BCUT2D eigenvalue weighted by Gasteiger charge is -2.07. The van der Waals surface area contributed by atoms with Crippen LogP contribution in [0.1, 0.15) is 18.2 Å². The quantitative estimate of drug-likeness (QED) is 0.908. The zero-order chi connectivity index (χ0) is 13.3. The lowest BCUT2D eigenvalue weighted by molar-refractivity contribution is 0.628. The van der Waals surface area contributed by atoms with Gasteiger partial charge in [-0.3, -0.25) is 4.79 Å². The number of nitrogens with one attached hydrogen (secondary N) is 1. The van der Waals surface area contributed by atoms with Crippen molar-refractivity contribution in [3.63, 3.8) is 0 Å². The van der Waals surface area contributed by atoms with Crippen LogP contribution in [0.25, 0.3) is 11.4 Å². The van der Waals surface area contributed by atoms with Crippen molar-refractivity contribution in [2.75, 3.05) is 0 Å². The maximum Gasteiger partial charge on any atom is 0.254 e. The van der Waals surface area contributed by atoms with Crippen molar-refractivity contribution in [3.05, 3.63) is 50.7 Å². The summed E-state index contributed by atoms with van der Waals surface area (Å²) in [5.41, 5.74) is 1.65. The molecule has 0 aliphatic rings. The Kier molecular flexibility index (Phi) is 3.48. The summed E-state index contributed by atoms with van der Waals surface area (Å²) in [7, 11) is 0. The number of nitrogens with zero attached hydrogens (tertiary/aromatic N) is 1. The van der Waals surface area contributed by atoms with Crippen molar-refractivity contribution in [1.82, 2.24) is 9.97 Å². The molecule has 2 aromatic rings. The van der Waals surface area contributed by atoms with Crippen molar-refractivity contribution < 1.29 is 4.39 Å². The van der Waals surface area contributed by atoms with E-state index in [9.17, 15) is 9.18 Å². The maximum atomic E-state index is 13.0. The molecule has 1 N–H and O–H groups in total. The van der Waals surface area contributed by atoms with Crippen molar-refractivity contribution in [2.24, 2.45) is 0 Å². The normalized spacial score (nSPS) is 10.7. The Labute approximate surface area is 109 Å². The van der Waals surface area contributed by atoms with Crippen LogP contribution in [0.2, 0.25) is 5.02 Å². The van der Waals surface area contributed by atoms with Crippen LogP contribution in [-0.4, -0.2) is 9.97 Å². The third kappa shape index (κ3) is 2.29. The van der Waals surface area contributed by atoms with Gasteiger partial charge in [0.15, 0.2) is 0 Å². The van der Waals surface area contributed by atoms with Crippen LogP contribution in [0.3, 0.4) is 0 Å². The number of aromatic amines is 1. The van der Waals surface area contributed by atoms with E-state index in [1.54, 1.807) is 6.92 Å². The van der Waals surface area contributed by atoms with E-state index in [1.165, 1.54) is 18.2 Å². The van der Waals surface area contributed by atoms with E-state index >= 15 is 0 Å². The Bertz CT molecular complexity index is 652. The summed E-state index contributed by atoms with van der Waals surface area (Å²) in [5.74, 6) is -0.0623. The lowest BCUT2D eigenvalue weighted by atomic mass is 10.1. The second kappa shape index (κ2) is 4.90. The molecule has 0 amide bonds. The number of aromatic nitrogens is 2. The van der Waals surface area contributed by atoms with Gasteiger partial charge in [0, 0.05) is 16.8 Å². The number of hydrogen-bond acceptors (Lipinski definition) is 2. The fraction of sp³-hybridized carbons (Fsp3) is 0.231. The van der Waals surface area contributed by atoms with Gasteiger partial charge in [0.1, 0.15) is 11.6 Å². The summed E-state index contributed by atoms with van der Waals surface area (Å²) < 4.78 is 13.0. The zero-order valence-electron chi connectivity index (χ0n) is 10.1. The SMILES string of the molecule is CCc1c(C)nc(-c2ccc(F)cc2Cl)[nH]c1=O. The minimum Gasteiger partial charge on any atom is -0.306 e. The first kappa shape index (κ1) is 12.8. The number of halogens is 2. The molecule has 1 aromatic heterocycles. The first-order chi connectivity index (χ1) is 8.52. The topological polar surface area (TPSA) is 45.8 Å². The molecule has 1 aromatic carbocycles. The van der Waals surface area contributed by atoms with Gasteiger partial charge in [0.05, 0.1) is 5.02 Å². The van der Waals surface area contributed by atoms with E-state index in [2.05, 4.69) is 9.97 Å². The van der Waals surface area contributed by atoms with E-state index < -0.39 is 5.82 Å². The van der Waals surface area contributed by atoms with Gasteiger partial charge in [0.2, 0.25) is 0 Å². The van der Waals surface area contributed by atoms with Gasteiger partial charge in [-0.05, 0) is 31.5 Å². The van der Waals surface area contributed by atoms with Crippen LogP contribution >= 0.6 is 11.6 Å². The maximum absolute atomic E-state index is 13.0. The standard InChI is InChI=1S/C13H12ClFN2O/c1-3-9-7(2)16-12(17-13(9)18)10-5-4-8(15)6-11(10)14/h4-6H,3H2,1-2H3,(H,16,17,18). The second-order valence-corrected chi connectivity index (χ2v) is 4.36. The minimum atomic E-state index is -0.423. The van der Waals surface area contributed by atoms with Crippen molar-refractivity contribution in [3.8, 4) is 11.4 Å². The molecule has 0 bridgehead atoms. The third-order valence-electron chi connectivity index (χ3n) is 2.76. The molecular formula is C13H12ClFN2O. The molecule has 0 atom stereocenters. The number of benzene rings is 1. The Hall–Kier alpha value is -1.68. The highest BCUT2D eigenvalue weighted by atomic mass is 35.5. The molecule has 3 nitrogen and oxygen atoms in total. The van der Waals surface area contributed by atoms with Crippen LogP contribution in [0.4, 0.5) is 4.39 Å². The van der Waals surface area contributed by atoms with E-state index in [0.29, 0.717) is 29.1 Å². The van der Waals surface area contributed by atoms with Gasteiger partial charge in [0.25, 0.3) is 5.56 Å². The molecule has 0 saturated heterocycles. The fourth-order valence-corrected chi connectivity index (χ4v) is 2.09. The van der Waals surface area contributed by atoms with Crippen LogP contribution in [0, 0.1) is 12.7 Å². The van der Waals surface area contributed by atoms with E-state index in [-0.39, 0.29) is 10.6 Å². The molecule has 0 saturated carbocycles. The summed E-state index contributed by atoms with van der Waals surface area (Å²) in [4.78, 5) is 18.8. The first-order valence-corrected chi connectivity index (χ1v) is 5.96. The average Bonchev–Trinajstić information content (AvgIpc) is 2.28. The van der Waals surface area contributed by atoms with E-state index in [0.717, 1.165) is 0 Å². The molecule has 94 valence electrons. The number of H-pyrrole nitrogens is 1. The third-order valence-corrected chi connectivity index (χ3v) is 3.07. The molecule has 0 fully saturated rings. The van der Waals surface area contributed by atoms with Crippen LogP contribution in [0.5, 0.6) is 0 Å². The summed E-state index contributed by atoms with van der Waals surface area (Å²) in [6.45, 7) is 3.67. The molecule has 0 radical (unpaired) electrons. The van der Waals surface area contributed by atoms with Crippen LogP contribution < -0.4 is 5.56 Å². The monoisotopic (exact) mass is 266 g/mol. The highest BCUT2D eigenvalue weighted by Crippen LogP contribution is 2.25. The predicted octanol–water partition coefficient (Wildman–Crippen LogP) is 3.10. The molecule has 18 heavy (non-hydrogen) atoms. The van der Waals surface area contributed by atoms with Crippen molar-refractivity contribution in [2.45, 2.75) is 20.3 Å². The molecule has 0 aliphatic carbocycles. The van der Waals surface area contributed by atoms with Crippen molar-refractivity contribution in [1.29, 1.82) is 0 Å². The summed E-state index contributed by atoms with van der Waals surface area (Å²) >= 11 is 5.94. The number of hydrogen-bond donors (Lipinski definition) is 1. The van der Waals surface area contributed by atoms with Gasteiger partial charge < -0.3 is 4.98 Å². The smallest absolute Gasteiger partial charge is 0.254 e. The Morgan fingerprint density at radius 1 is 1.44 bits per heavy atom. The van der Waals surface area contributed by atoms with Gasteiger partial charge >= 0.3 is 0 Å². The van der Waals surface area contributed by atoms with Crippen LogP contribution in [0.15, 0.2) is 23.0 Å². The van der Waals surface area contributed by atoms with Gasteiger partial charge in [-0.25, -0.2) is 9.37 Å². The predicted molar refractivity (Wildman–Crippen MR) is 69.4 cm³/mol. The fourth-order valence-electron chi connectivity index (χ4n) is 1.84. The van der Waals surface area contributed by atoms with E-state index in [4.69, 9.17) is 11.6 Å². The minimum absolute atomic E-state index is 0.180. The van der Waals surface area contributed by atoms with Gasteiger partial charge in [-0.15, -0.1) is 0 Å².